The van der Waals surface area contributed by atoms with Crippen molar-refractivity contribution in [2.24, 2.45) is 17.6 Å². The maximum absolute atomic E-state index is 14.5. The van der Waals surface area contributed by atoms with Crippen LogP contribution in [0.1, 0.15) is 97.5 Å². The summed E-state index contributed by atoms with van der Waals surface area (Å²) in [5.41, 5.74) is 6.04. The summed E-state index contributed by atoms with van der Waals surface area (Å²) in [6.45, 7) is 5.87. The van der Waals surface area contributed by atoms with Crippen LogP contribution in [0.25, 0.3) is 0 Å². The van der Waals surface area contributed by atoms with Crippen LogP contribution >= 0.6 is 19.6 Å². The molecule has 75 heavy (non-hydrogen) atoms. The molecule has 15 N–H and O–H groups in total. The Morgan fingerprint density at radius 3 is 2.04 bits per heavy atom. The molecule has 0 saturated carbocycles. The summed E-state index contributed by atoms with van der Waals surface area (Å²) >= 11 is 1.30. The summed E-state index contributed by atoms with van der Waals surface area (Å²) in [5.74, 6) is -9.65. The molecule has 1 heterocycles. The lowest BCUT2D eigenvalue weighted by molar-refractivity contribution is -0.143. The van der Waals surface area contributed by atoms with Crippen molar-refractivity contribution >= 4 is 84.7 Å². The molecular formula is C46H73N10O17PS. The van der Waals surface area contributed by atoms with Gasteiger partial charge in [0.2, 0.25) is 41.4 Å². The molecule has 0 aromatic heterocycles. The molecule has 0 unspecified atom stereocenters. The molecule has 1 aliphatic rings. The number of benzene rings is 1. The van der Waals surface area contributed by atoms with Crippen LogP contribution in [-0.2, 0) is 58.9 Å². The number of ketones is 1. The van der Waals surface area contributed by atoms with Crippen molar-refractivity contribution in [3.63, 3.8) is 0 Å². The fourth-order valence-corrected chi connectivity index (χ4v) is 8.20. The third-order valence-electron chi connectivity index (χ3n) is 11.2. The molecule has 1 aliphatic heterocycles. The number of carboxylic acids is 2. The first-order valence-electron chi connectivity index (χ1n) is 24.3. The summed E-state index contributed by atoms with van der Waals surface area (Å²) in [6.07, 6.45) is 0.358. The van der Waals surface area contributed by atoms with Crippen molar-refractivity contribution in [3.05, 3.63) is 29.8 Å². The van der Waals surface area contributed by atoms with E-state index in [9.17, 15) is 72.2 Å². The number of Topliss-reactive ketones (excluding diaryl/α,β-unsaturated/α-hetero) is 1. The van der Waals surface area contributed by atoms with Gasteiger partial charge in [-0.25, -0.2) is 14.2 Å². The van der Waals surface area contributed by atoms with E-state index in [1.807, 2.05) is 0 Å². The van der Waals surface area contributed by atoms with Crippen molar-refractivity contribution in [1.82, 2.24) is 47.9 Å². The fourth-order valence-electron chi connectivity index (χ4n) is 7.33. The lowest BCUT2D eigenvalue weighted by Crippen LogP contribution is -2.60. The molecule has 420 valence electrons. The maximum atomic E-state index is 14.5. The number of hydrogen-bond donors (Lipinski definition) is 14. The number of urea groups is 1. The van der Waals surface area contributed by atoms with E-state index >= 15 is 0 Å². The van der Waals surface area contributed by atoms with Crippen LogP contribution < -0.4 is 58.1 Å². The third kappa shape index (κ3) is 26.6. The van der Waals surface area contributed by atoms with Crippen LogP contribution in [0.5, 0.6) is 5.75 Å². The minimum absolute atomic E-state index is 0.0135. The summed E-state index contributed by atoms with van der Waals surface area (Å²) in [6, 6.07) is -5.47. The van der Waals surface area contributed by atoms with Gasteiger partial charge in [0.1, 0.15) is 42.0 Å². The largest absolute Gasteiger partial charge is 0.524 e. The third-order valence-corrected chi connectivity index (χ3v) is 12.3. The molecule has 1 aromatic carbocycles. The molecule has 1 saturated heterocycles. The van der Waals surface area contributed by atoms with E-state index in [1.165, 1.54) is 36.0 Å². The van der Waals surface area contributed by atoms with Gasteiger partial charge in [-0.05, 0) is 92.9 Å². The Balaban J connectivity index is 2.63. The summed E-state index contributed by atoms with van der Waals surface area (Å²) < 4.78 is 16.1. The minimum atomic E-state index is -4.97. The van der Waals surface area contributed by atoms with Crippen LogP contribution in [0.4, 0.5) is 4.79 Å². The van der Waals surface area contributed by atoms with E-state index in [1.54, 1.807) is 34.0 Å². The Morgan fingerprint density at radius 1 is 0.813 bits per heavy atom. The number of nitrogens with two attached hydrogens (primary N) is 1. The number of carbonyl (C=O) groups excluding carboxylic acids is 9. The second kappa shape index (κ2) is 32.8. The highest BCUT2D eigenvalue weighted by atomic mass is 32.2. The Morgan fingerprint density at radius 2 is 1.44 bits per heavy atom. The quantitative estimate of drug-likeness (QED) is 0.0565. The first kappa shape index (κ1) is 64.8. The highest BCUT2D eigenvalue weighted by molar-refractivity contribution is 7.98. The molecule has 0 spiro atoms. The van der Waals surface area contributed by atoms with Crippen molar-refractivity contribution in [2.75, 3.05) is 31.6 Å². The van der Waals surface area contributed by atoms with E-state index in [4.69, 9.17) is 10.8 Å². The van der Waals surface area contributed by atoms with Crippen LogP contribution in [0.15, 0.2) is 24.3 Å². The van der Waals surface area contributed by atoms with Gasteiger partial charge >= 0.3 is 25.8 Å². The van der Waals surface area contributed by atoms with Crippen LogP contribution in [-0.4, -0.2) is 159 Å². The number of rotatable bonds is 23. The van der Waals surface area contributed by atoms with E-state index in [2.05, 4.69) is 52.4 Å². The predicted octanol–water partition coefficient (Wildman–Crippen LogP) is -1.32. The van der Waals surface area contributed by atoms with Gasteiger partial charge in [-0.1, -0.05) is 39.8 Å². The lowest BCUT2D eigenvalue weighted by Gasteiger charge is -2.28. The number of thioether (sulfide) groups is 1. The number of carboxylic acid groups (broad SMARTS) is 2. The standard InChI is InChI=1S/C46H73N10O17PS/c1-25(2)20-34(51-37(58)24-49-39(61)30(47)14-16-38(59)60)43(65)52-31-8-6-7-18-48-46(69)50-23-28(57)11-15-32(41(63)56-36(45(67)68)21-26(3)4)53-42(64)33(17-19-75-5)54-44(66)35(55-40(31)62)22-27-9-12-29(13-10-27)73-74(70,71)72/h9-10,12-13,25-26,30-36H,6-8,11,14-24,47H2,1-5H3,(H,49,61)(H,51,58)(H,52,65)(H,53,64)(H,54,66)(H,55,62)(H,56,63)(H,59,60)(H,67,68)(H2,48,50,69)(H2,70,71,72)/t30-,31-,32+,33+,34-,35-,36-/m0/s1. The smallest absolute Gasteiger partial charge is 0.481 e. The summed E-state index contributed by atoms with van der Waals surface area (Å²) in [5, 5.41) is 41.4. The van der Waals surface area contributed by atoms with Crippen LogP contribution in [0.2, 0.25) is 0 Å². The second-order valence-corrected chi connectivity index (χ2v) is 20.8. The SMILES string of the molecule is CSCC[C@H]1NC(=O)[C@H](Cc2ccc(OP(=O)(O)O)cc2)NC(=O)[C@@H](NC(=O)[C@H](CC(C)C)NC(=O)CNC(=O)[C@@H](N)CCC(=O)O)CCCCNC(=O)NCC(=O)CC[C@H](C(=O)N[C@@H](CC(C)C)C(=O)O)NC1=O. The molecular weight excluding hydrogens is 1030 g/mol. The molecule has 29 heteroatoms. The monoisotopic (exact) mass is 1100 g/mol. The van der Waals surface area contributed by atoms with Gasteiger partial charge in [-0.3, -0.25) is 52.9 Å². The molecule has 0 aliphatic carbocycles. The molecule has 9 amide bonds. The Hall–Kier alpha value is -6.35. The first-order valence-corrected chi connectivity index (χ1v) is 27.3. The second-order valence-electron chi connectivity index (χ2n) is 18.7. The molecule has 2 rings (SSSR count). The molecule has 1 fully saturated rings. The molecule has 27 nitrogen and oxygen atoms in total. The van der Waals surface area contributed by atoms with Gasteiger partial charge < -0.3 is 68.3 Å². The molecule has 7 atom stereocenters. The number of nitrogens with one attached hydrogen (secondary N) is 9. The van der Waals surface area contributed by atoms with Crippen molar-refractivity contribution in [3.8, 4) is 5.75 Å². The van der Waals surface area contributed by atoms with Gasteiger partial charge in [-0.2, -0.15) is 11.8 Å². The van der Waals surface area contributed by atoms with Gasteiger partial charge in [0.05, 0.1) is 19.1 Å². The van der Waals surface area contributed by atoms with Crippen molar-refractivity contribution in [2.45, 2.75) is 141 Å². The normalized spacial score (nSPS) is 20.0. The van der Waals surface area contributed by atoms with Gasteiger partial charge in [0.25, 0.3) is 0 Å². The Kier molecular flexibility index (Phi) is 28.4. The topological polar surface area (TPSA) is 429 Å². The average molecular weight is 1100 g/mol. The molecule has 0 radical (unpaired) electrons. The number of hydrogen-bond acceptors (Lipinski definition) is 15. The Bertz CT molecular complexity index is 2200. The number of phosphoric ester groups is 1. The first-order chi connectivity index (χ1) is 35.2. The van der Waals surface area contributed by atoms with E-state index < -0.39 is 135 Å². The van der Waals surface area contributed by atoms with Crippen molar-refractivity contribution in [1.29, 1.82) is 0 Å². The average Bonchev–Trinajstić information content (AvgIpc) is 3.32. The number of carbonyl (C=O) groups is 11. The van der Waals surface area contributed by atoms with E-state index in [0.29, 0.717) is 5.56 Å². The predicted molar refractivity (Wildman–Crippen MR) is 271 cm³/mol. The zero-order valence-electron chi connectivity index (χ0n) is 42.6. The fraction of sp³-hybridized carbons (Fsp3) is 0.630. The lowest BCUT2D eigenvalue weighted by atomic mass is 10.0. The van der Waals surface area contributed by atoms with Crippen molar-refractivity contribution < 1.29 is 81.8 Å². The summed E-state index contributed by atoms with van der Waals surface area (Å²) in [4.78, 5) is 164. The van der Waals surface area contributed by atoms with E-state index in [0.717, 1.165) is 0 Å². The number of phosphoric acid groups is 1. The molecule has 1 aromatic rings. The minimum Gasteiger partial charge on any atom is -0.481 e. The van der Waals surface area contributed by atoms with Gasteiger partial charge in [-0.15, -0.1) is 0 Å². The number of amides is 9. The highest BCUT2D eigenvalue weighted by Crippen LogP contribution is 2.37. The van der Waals surface area contributed by atoms with Gasteiger partial charge in [0, 0.05) is 25.8 Å². The van der Waals surface area contributed by atoms with Gasteiger partial charge in [0.15, 0.2) is 5.78 Å². The van der Waals surface area contributed by atoms with Crippen LogP contribution in [0, 0.1) is 11.8 Å². The highest BCUT2D eigenvalue weighted by Gasteiger charge is 2.34. The van der Waals surface area contributed by atoms with Crippen LogP contribution in [0.3, 0.4) is 0 Å². The molecule has 0 bridgehead atoms. The zero-order chi connectivity index (χ0) is 56.4. The summed E-state index contributed by atoms with van der Waals surface area (Å²) in [7, 11) is -4.97. The zero-order valence-corrected chi connectivity index (χ0v) is 44.4. The number of aliphatic carboxylic acids is 2. The Labute approximate surface area is 438 Å². The van der Waals surface area contributed by atoms with E-state index in [-0.39, 0.29) is 94.1 Å². The maximum Gasteiger partial charge on any atom is 0.524 e.